The van der Waals surface area contributed by atoms with Gasteiger partial charge in [0.05, 0.1) is 0 Å². The predicted molar refractivity (Wildman–Crippen MR) is 59.6 cm³/mol. The van der Waals surface area contributed by atoms with E-state index in [9.17, 15) is 19.2 Å². The lowest BCUT2D eigenvalue weighted by atomic mass is 9.96. The first-order chi connectivity index (χ1) is 8.38. The van der Waals surface area contributed by atoms with E-state index in [1.807, 2.05) is 0 Å². The van der Waals surface area contributed by atoms with Crippen LogP contribution in [-0.4, -0.2) is 35.2 Å². The van der Waals surface area contributed by atoms with E-state index in [-0.39, 0.29) is 25.2 Å². The Morgan fingerprint density at radius 1 is 1.28 bits per heavy atom. The van der Waals surface area contributed by atoms with Crippen molar-refractivity contribution in [1.82, 2.24) is 5.06 Å². The molecule has 2 amide bonds. The molecule has 1 fully saturated rings. The summed E-state index contributed by atoms with van der Waals surface area (Å²) in [6, 6.07) is 0. The van der Waals surface area contributed by atoms with Gasteiger partial charge in [0.25, 0.3) is 11.8 Å². The molecule has 1 saturated heterocycles. The number of rotatable bonds is 5. The number of amides is 2. The molecule has 18 heavy (non-hydrogen) atoms. The van der Waals surface area contributed by atoms with E-state index in [1.54, 1.807) is 6.92 Å². The Bertz CT molecular complexity index is 377. The topological polar surface area (TPSA) is 107 Å². The molecule has 1 aliphatic heterocycles. The van der Waals surface area contributed by atoms with Gasteiger partial charge < -0.3 is 10.6 Å². The molecular weight excluding hydrogens is 240 g/mol. The van der Waals surface area contributed by atoms with Crippen molar-refractivity contribution in [3.63, 3.8) is 0 Å². The number of nitrogens with two attached hydrogens (primary N) is 1. The third kappa shape index (κ3) is 2.92. The summed E-state index contributed by atoms with van der Waals surface area (Å²) in [5, 5.41) is 0.430. The van der Waals surface area contributed by atoms with Crippen LogP contribution in [0.15, 0.2) is 0 Å². The molecule has 0 radical (unpaired) electrons. The first-order valence-electron chi connectivity index (χ1n) is 5.69. The van der Waals surface area contributed by atoms with Crippen molar-refractivity contribution in [1.29, 1.82) is 0 Å². The van der Waals surface area contributed by atoms with Crippen LogP contribution in [0, 0.1) is 11.8 Å². The average molecular weight is 256 g/mol. The molecule has 100 valence electrons. The van der Waals surface area contributed by atoms with Gasteiger partial charge in [0, 0.05) is 25.3 Å². The Kier molecular flexibility index (Phi) is 4.55. The van der Waals surface area contributed by atoms with Gasteiger partial charge in [-0.05, 0) is 6.92 Å². The Hall–Kier alpha value is -1.76. The summed E-state index contributed by atoms with van der Waals surface area (Å²) in [4.78, 5) is 50.4. The molecule has 2 atom stereocenters. The standard InChI is InChI=1S/C11H16N2O5/c1-6(5-12)10(16)7(2)11(17)18-13-8(14)3-4-9(13)15/h6-7H,3-5,12H2,1-2H3. The van der Waals surface area contributed by atoms with Crippen molar-refractivity contribution in [2.75, 3.05) is 6.54 Å². The molecule has 2 N–H and O–H groups in total. The Morgan fingerprint density at radius 2 is 1.78 bits per heavy atom. The third-order valence-electron chi connectivity index (χ3n) is 2.81. The van der Waals surface area contributed by atoms with E-state index in [2.05, 4.69) is 4.84 Å². The molecule has 0 aromatic rings. The molecule has 0 aromatic heterocycles. The molecule has 1 rings (SSSR count). The van der Waals surface area contributed by atoms with Gasteiger partial charge in [-0.15, -0.1) is 5.06 Å². The third-order valence-corrected chi connectivity index (χ3v) is 2.81. The van der Waals surface area contributed by atoms with Gasteiger partial charge >= 0.3 is 5.97 Å². The quantitative estimate of drug-likeness (QED) is 0.519. The van der Waals surface area contributed by atoms with Crippen LogP contribution in [0.3, 0.4) is 0 Å². The molecule has 0 spiro atoms. The van der Waals surface area contributed by atoms with E-state index in [1.165, 1.54) is 6.92 Å². The molecule has 7 heteroatoms. The first-order valence-corrected chi connectivity index (χ1v) is 5.69. The second-order valence-corrected chi connectivity index (χ2v) is 4.25. The fourth-order valence-electron chi connectivity index (χ4n) is 1.49. The minimum atomic E-state index is -1.05. The number of carbonyl (C=O) groups excluding carboxylic acids is 4. The van der Waals surface area contributed by atoms with Crippen molar-refractivity contribution in [3.05, 3.63) is 0 Å². The van der Waals surface area contributed by atoms with Gasteiger partial charge in [0.15, 0.2) is 5.78 Å². The fourth-order valence-corrected chi connectivity index (χ4v) is 1.49. The highest BCUT2D eigenvalue weighted by molar-refractivity contribution is 6.04. The molecule has 0 bridgehead atoms. The lowest BCUT2D eigenvalue weighted by molar-refractivity contribution is -0.200. The van der Waals surface area contributed by atoms with Gasteiger partial charge in [-0.1, -0.05) is 6.92 Å². The Labute approximate surface area is 104 Å². The SMILES string of the molecule is CC(CN)C(=O)C(C)C(=O)ON1C(=O)CCC1=O. The molecule has 0 aromatic carbocycles. The van der Waals surface area contributed by atoms with Crippen LogP contribution in [0.2, 0.25) is 0 Å². The van der Waals surface area contributed by atoms with Crippen molar-refractivity contribution in [2.24, 2.45) is 17.6 Å². The highest BCUT2D eigenvalue weighted by Crippen LogP contribution is 2.15. The number of imide groups is 1. The van der Waals surface area contributed by atoms with E-state index in [4.69, 9.17) is 5.73 Å². The largest absolute Gasteiger partial charge is 0.343 e. The predicted octanol–water partition coefficient (Wildman–Crippen LogP) is -0.606. The monoisotopic (exact) mass is 256 g/mol. The van der Waals surface area contributed by atoms with Crippen LogP contribution in [0.25, 0.3) is 0 Å². The lowest BCUT2D eigenvalue weighted by Crippen LogP contribution is -2.38. The molecule has 1 aliphatic rings. The van der Waals surface area contributed by atoms with Gasteiger partial charge in [0.2, 0.25) is 0 Å². The van der Waals surface area contributed by atoms with Crippen LogP contribution in [-0.2, 0) is 24.0 Å². The summed E-state index contributed by atoms with van der Waals surface area (Å²) in [7, 11) is 0. The normalized spacial score (nSPS) is 18.7. The lowest BCUT2D eigenvalue weighted by Gasteiger charge is -2.17. The minimum Gasteiger partial charge on any atom is -0.330 e. The van der Waals surface area contributed by atoms with Crippen LogP contribution in [0.5, 0.6) is 0 Å². The molecule has 0 aliphatic carbocycles. The maximum atomic E-state index is 11.7. The summed E-state index contributed by atoms with van der Waals surface area (Å²) < 4.78 is 0. The summed E-state index contributed by atoms with van der Waals surface area (Å²) >= 11 is 0. The highest BCUT2D eigenvalue weighted by Gasteiger charge is 2.36. The van der Waals surface area contributed by atoms with Crippen molar-refractivity contribution >= 4 is 23.6 Å². The minimum absolute atomic E-state index is 0.0215. The number of Topliss-reactive ketones (excluding diaryl/α,β-unsaturated/α-hetero) is 1. The average Bonchev–Trinajstić information content (AvgIpc) is 2.67. The number of nitrogens with zero attached hydrogens (tertiary/aromatic N) is 1. The van der Waals surface area contributed by atoms with Crippen molar-refractivity contribution in [3.8, 4) is 0 Å². The second kappa shape index (κ2) is 5.72. The van der Waals surface area contributed by atoms with Crippen LogP contribution >= 0.6 is 0 Å². The smallest absolute Gasteiger partial charge is 0.330 e. The van der Waals surface area contributed by atoms with E-state index >= 15 is 0 Å². The number of hydroxylamine groups is 2. The maximum absolute atomic E-state index is 11.7. The summed E-state index contributed by atoms with van der Waals surface area (Å²) in [5.41, 5.74) is 5.33. The van der Waals surface area contributed by atoms with Gasteiger partial charge in [-0.2, -0.15) is 0 Å². The van der Waals surface area contributed by atoms with Crippen LogP contribution in [0.4, 0.5) is 0 Å². The van der Waals surface area contributed by atoms with Crippen LogP contribution < -0.4 is 5.73 Å². The summed E-state index contributed by atoms with van der Waals surface area (Å²) in [5.74, 6) is -3.95. The van der Waals surface area contributed by atoms with E-state index < -0.39 is 29.6 Å². The van der Waals surface area contributed by atoms with Gasteiger partial charge in [0.1, 0.15) is 5.92 Å². The number of ketones is 1. The molecule has 1 heterocycles. The van der Waals surface area contributed by atoms with Gasteiger partial charge in [-0.3, -0.25) is 14.4 Å². The maximum Gasteiger partial charge on any atom is 0.343 e. The zero-order chi connectivity index (χ0) is 13.9. The van der Waals surface area contributed by atoms with E-state index in [0.29, 0.717) is 5.06 Å². The van der Waals surface area contributed by atoms with E-state index in [0.717, 1.165) is 0 Å². The molecular formula is C11H16N2O5. The zero-order valence-corrected chi connectivity index (χ0v) is 10.3. The number of carbonyl (C=O) groups is 4. The Morgan fingerprint density at radius 3 is 2.22 bits per heavy atom. The molecule has 0 saturated carbocycles. The Balaban J connectivity index is 2.62. The molecule has 7 nitrogen and oxygen atoms in total. The van der Waals surface area contributed by atoms with Crippen LogP contribution in [0.1, 0.15) is 26.7 Å². The first kappa shape index (κ1) is 14.3. The zero-order valence-electron chi connectivity index (χ0n) is 10.3. The number of hydrogen-bond acceptors (Lipinski definition) is 6. The highest BCUT2D eigenvalue weighted by atomic mass is 16.7. The van der Waals surface area contributed by atoms with Crippen molar-refractivity contribution in [2.45, 2.75) is 26.7 Å². The fraction of sp³-hybridized carbons (Fsp3) is 0.636. The van der Waals surface area contributed by atoms with Crippen molar-refractivity contribution < 1.29 is 24.0 Å². The second-order valence-electron chi connectivity index (χ2n) is 4.25. The summed E-state index contributed by atoms with van der Waals surface area (Å²) in [6.45, 7) is 3.08. The number of hydrogen-bond donors (Lipinski definition) is 1. The summed E-state index contributed by atoms with van der Waals surface area (Å²) in [6.07, 6.45) is 0.0429. The molecule has 2 unspecified atom stereocenters. The van der Waals surface area contributed by atoms with Gasteiger partial charge in [-0.25, -0.2) is 4.79 Å².